The van der Waals surface area contributed by atoms with Gasteiger partial charge in [-0.1, -0.05) is 73.4 Å². The molecule has 3 aromatic carbocycles. The van der Waals surface area contributed by atoms with E-state index in [4.69, 9.17) is 27.6 Å². The first-order valence-corrected chi connectivity index (χ1v) is 12.7. The molecule has 5 rings (SSSR count). The third-order valence-electron chi connectivity index (χ3n) is 6.88. The van der Waals surface area contributed by atoms with Gasteiger partial charge in [-0.2, -0.15) is 0 Å². The van der Waals surface area contributed by atoms with Crippen LogP contribution in [0, 0.1) is 0 Å². The molecule has 0 aliphatic carbocycles. The fraction of sp³-hybridized carbons (Fsp3) is 0.286. The minimum absolute atomic E-state index is 0.109. The first-order chi connectivity index (χ1) is 16.9. The smallest absolute Gasteiger partial charge is 0.290 e. The minimum Gasteiger partial charge on any atom is -0.450 e. The Balaban J connectivity index is 1.67. The average Bonchev–Trinajstić information content (AvgIpc) is 3.15. The third kappa shape index (κ3) is 4.12. The highest BCUT2D eigenvalue weighted by Crippen LogP contribution is 2.40. The molecule has 1 aromatic heterocycles. The highest BCUT2D eigenvalue weighted by atomic mass is 35.5. The van der Waals surface area contributed by atoms with Gasteiger partial charge in [0.15, 0.2) is 5.43 Å². The first-order valence-electron chi connectivity index (χ1n) is 11.9. The van der Waals surface area contributed by atoms with Crippen LogP contribution in [-0.2, 0) is 0 Å². The molecule has 180 valence electrons. The van der Waals surface area contributed by atoms with Crippen LogP contribution in [0.5, 0.6) is 0 Å². The number of carbonyl (C=O) groups is 1. The molecule has 2 heterocycles. The van der Waals surface area contributed by atoms with Gasteiger partial charge >= 0.3 is 0 Å². The van der Waals surface area contributed by atoms with Crippen molar-refractivity contribution in [1.82, 2.24) is 9.80 Å². The Labute approximate surface area is 213 Å². The first kappa shape index (κ1) is 23.9. The number of rotatable bonds is 7. The zero-order valence-corrected chi connectivity index (χ0v) is 21.2. The molecule has 0 N–H and O–H groups in total. The van der Waals surface area contributed by atoms with Crippen molar-refractivity contribution in [2.45, 2.75) is 26.3 Å². The summed E-state index contributed by atoms with van der Waals surface area (Å²) >= 11 is 12.5. The van der Waals surface area contributed by atoms with Gasteiger partial charge in [-0.25, -0.2) is 0 Å². The van der Waals surface area contributed by atoms with Crippen LogP contribution < -0.4 is 5.43 Å². The molecular weight excluding hydrogens is 483 g/mol. The summed E-state index contributed by atoms with van der Waals surface area (Å²) in [5.41, 5.74) is 1.35. The zero-order valence-electron chi connectivity index (χ0n) is 19.7. The number of amides is 1. The summed E-state index contributed by atoms with van der Waals surface area (Å²) in [6, 6.07) is 16.1. The van der Waals surface area contributed by atoms with Crippen molar-refractivity contribution >= 4 is 50.9 Å². The molecule has 1 unspecified atom stereocenters. The molecule has 35 heavy (non-hydrogen) atoms. The number of fused-ring (bicyclic) bond motifs is 4. The maximum Gasteiger partial charge on any atom is 0.290 e. The molecule has 0 saturated carbocycles. The number of halogens is 2. The number of hydrogen-bond donors (Lipinski definition) is 0. The van der Waals surface area contributed by atoms with Crippen LogP contribution in [-0.4, -0.2) is 41.9 Å². The van der Waals surface area contributed by atoms with Gasteiger partial charge in [-0.05, 0) is 55.2 Å². The van der Waals surface area contributed by atoms with Crippen LogP contribution in [0.2, 0.25) is 10.0 Å². The highest BCUT2D eigenvalue weighted by molar-refractivity contribution is 6.42. The molecule has 0 bridgehead atoms. The molecular formula is C28H26Cl2N2O3. The van der Waals surface area contributed by atoms with Crippen LogP contribution in [0.3, 0.4) is 0 Å². The SMILES string of the molecule is CCN(CC)CCCN1C(=O)c2oc3c(ccc4ccccc43)c(=O)c2C1c1ccc(Cl)c(Cl)c1. The van der Waals surface area contributed by atoms with Crippen molar-refractivity contribution < 1.29 is 9.21 Å². The number of nitrogens with zero attached hydrogens (tertiary/aromatic N) is 2. The Hall–Kier alpha value is -2.86. The lowest BCUT2D eigenvalue weighted by Gasteiger charge is -2.27. The molecule has 4 aromatic rings. The van der Waals surface area contributed by atoms with Crippen LogP contribution in [0.1, 0.15) is 48.0 Å². The van der Waals surface area contributed by atoms with Crippen molar-refractivity contribution in [1.29, 1.82) is 0 Å². The molecule has 0 spiro atoms. The molecule has 7 heteroatoms. The summed E-state index contributed by atoms with van der Waals surface area (Å²) < 4.78 is 6.26. The maximum atomic E-state index is 13.9. The Kier molecular flexibility index (Phi) is 6.58. The minimum atomic E-state index is -0.587. The van der Waals surface area contributed by atoms with Gasteiger partial charge < -0.3 is 14.2 Å². The Morgan fingerprint density at radius 2 is 1.71 bits per heavy atom. The summed E-state index contributed by atoms with van der Waals surface area (Å²) in [6.45, 7) is 7.48. The molecule has 1 aliphatic heterocycles. The predicted molar refractivity (Wildman–Crippen MR) is 142 cm³/mol. The second-order valence-electron chi connectivity index (χ2n) is 8.79. The third-order valence-corrected chi connectivity index (χ3v) is 7.62. The Bertz CT molecular complexity index is 1490. The lowest BCUT2D eigenvalue weighted by atomic mass is 9.97. The van der Waals surface area contributed by atoms with E-state index in [1.807, 2.05) is 36.4 Å². The van der Waals surface area contributed by atoms with E-state index in [9.17, 15) is 9.59 Å². The van der Waals surface area contributed by atoms with Crippen molar-refractivity contribution in [2.75, 3.05) is 26.2 Å². The second-order valence-corrected chi connectivity index (χ2v) is 9.61. The summed E-state index contributed by atoms with van der Waals surface area (Å²) in [5.74, 6) is -0.166. The lowest BCUT2D eigenvalue weighted by Crippen LogP contribution is -2.33. The molecule has 0 radical (unpaired) electrons. The van der Waals surface area contributed by atoms with E-state index in [1.165, 1.54) is 0 Å². The summed E-state index contributed by atoms with van der Waals surface area (Å²) in [5, 5.41) is 3.02. The highest BCUT2D eigenvalue weighted by Gasteiger charge is 2.42. The summed E-state index contributed by atoms with van der Waals surface area (Å²) in [7, 11) is 0. The Morgan fingerprint density at radius 3 is 2.46 bits per heavy atom. The van der Waals surface area contributed by atoms with E-state index >= 15 is 0 Å². The van der Waals surface area contributed by atoms with Crippen molar-refractivity contribution in [3.8, 4) is 0 Å². The van der Waals surface area contributed by atoms with Crippen molar-refractivity contribution in [3.05, 3.63) is 91.8 Å². The quantitative estimate of drug-likeness (QED) is 0.266. The van der Waals surface area contributed by atoms with E-state index in [0.717, 1.165) is 42.4 Å². The van der Waals surface area contributed by atoms with Crippen LogP contribution >= 0.6 is 23.2 Å². The van der Waals surface area contributed by atoms with E-state index in [0.29, 0.717) is 33.1 Å². The van der Waals surface area contributed by atoms with Gasteiger partial charge in [0.2, 0.25) is 5.76 Å². The van der Waals surface area contributed by atoms with Crippen LogP contribution in [0.25, 0.3) is 21.7 Å². The van der Waals surface area contributed by atoms with Gasteiger partial charge in [0.25, 0.3) is 5.91 Å². The topological polar surface area (TPSA) is 53.8 Å². The normalized spacial score (nSPS) is 15.5. The maximum absolute atomic E-state index is 13.9. The van der Waals surface area contributed by atoms with Crippen LogP contribution in [0.15, 0.2) is 63.8 Å². The van der Waals surface area contributed by atoms with E-state index in [1.54, 1.807) is 23.1 Å². The number of carbonyl (C=O) groups excluding carboxylic acids is 1. The van der Waals surface area contributed by atoms with Gasteiger partial charge in [0, 0.05) is 11.9 Å². The van der Waals surface area contributed by atoms with Gasteiger partial charge in [-0.15, -0.1) is 0 Å². The molecule has 1 atom stereocenters. The van der Waals surface area contributed by atoms with E-state index in [2.05, 4.69) is 18.7 Å². The summed E-state index contributed by atoms with van der Waals surface area (Å²) in [4.78, 5) is 31.6. The molecule has 1 amide bonds. The van der Waals surface area contributed by atoms with E-state index in [-0.39, 0.29) is 17.1 Å². The fourth-order valence-corrected chi connectivity index (χ4v) is 5.32. The van der Waals surface area contributed by atoms with E-state index < -0.39 is 6.04 Å². The monoisotopic (exact) mass is 508 g/mol. The lowest BCUT2D eigenvalue weighted by molar-refractivity contribution is 0.0720. The van der Waals surface area contributed by atoms with Gasteiger partial charge in [-0.3, -0.25) is 9.59 Å². The Morgan fingerprint density at radius 1 is 0.943 bits per heavy atom. The molecule has 0 saturated heterocycles. The molecule has 0 fully saturated rings. The average molecular weight is 509 g/mol. The predicted octanol–water partition coefficient (Wildman–Crippen LogP) is 6.53. The summed E-state index contributed by atoms with van der Waals surface area (Å²) in [6.07, 6.45) is 0.774. The number of hydrogen-bond acceptors (Lipinski definition) is 4. The van der Waals surface area contributed by atoms with Crippen molar-refractivity contribution in [2.24, 2.45) is 0 Å². The van der Waals surface area contributed by atoms with Crippen molar-refractivity contribution in [3.63, 3.8) is 0 Å². The zero-order chi connectivity index (χ0) is 24.7. The van der Waals surface area contributed by atoms with Gasteiger partial charge in [0.05, 0.1) is 27.0 Å². The second kappa shape index (κ2) is 9.65. The standard InChI is InChI=1S/C28H26Cl2N2O3/c1-3-31(4-2)14-7-15-32-24(18-11-13-21(29)22(30)16-18)23-25(33)20-12-10-17-8-5-6-9-19(17)26(20)35-27(23)28(32)34/h5-6,8-13,16,24H,3-4,7,14-15H2,1-2H3. The van der Waals surface area contributed by atoms with Crippen LogP contribution in [0.4, 0.5) is 0 Å². The van der Waals surface area contributed by atoms with Gasteiger partial charge in [0.1, 0.15) is 5.58 Å². The molecule has 1 aliphatic rings. The molecule has 5 nitrogen and oxygen atoms in total. The number of benzene rings is 3. The fourth-order valence-electron chi connectivity index (χ4n) is 5.01. The largest absolute Gasteiger partial charge is 0.450 e.